The van der Waals surface area contributed by atoms with Crippen molar-refractivity contribution < 1.29 is 19.8 Å². The third-order valence-corrected chi connectivity index (χ3v) is 6.01. The van der Waals surface area contributed by atoms with Crippen molar-refractivity contribution in [3.63, 3.8) is 0 Å². The Labute approximate surface area is 179 Å². The van der Waals surface area contributed by atoms with Crippen LogP contribution in [0.25, 0.3) is 0 Å². The van der Waals surface area contributed by atoms with Crippen LogP contribution in [0.4, 0.5) is 0 Å². The van der Waals surface area contributed by atoms with Crippen molar-refractivity contribution in [2.45, 2.75) is 43.3 Å². The number of nitrogens with zero attached hydrogens (tertiary/aromatic N) is 1. The number of carboxylic acid groups (broad SMARTS) is 2. The molecule has 0 saturated carbocycles. The Kier molecular flexibility index (Phi) is 6.99. The van der Waals surface area contributed by atoms with Crippen molar-refractivity contribution >= 4 is 23.7 Å². The van der Waals surface area contributed by atoms with E-state index in [0.29, 0.717) is 17.2 Å². The summed E-state index contributed by atoms with van der Waals surface area (Å²) in [5.74, 6) is -1.36. The average molecular weight is 428 g/mol. The molecule has 0 radical (unpaired) electrons. The van der Waals surface area contributed by atoms with Gasteiger partial charge in [0, 0.05) is 30.3 Å². The van der Waals surface area contributed by atoms with Gasteiger partial charge in [-0.2, -0.15) is 0 Å². The number of nitrogens with one attached hydrogen (secondary N) is 2. The highest BCUT2D eigenvalue weighted by molar-refractivity contribution is 7.99. The molecule has 1 aliphatic rings. The van der Waals surface area contributed by atoms with Crippen molar-refractivity contribution in [1.82, 2.24) is 15.6 Å². The Morgan fingerprint density at radius 2 is 1.90 bits per heavy atom. The second-order valence-electron chi connectivity index (χ2n) is 7.25. The van der Waals surface area contributed by atoms with E-state index in [1.54, 1.807) is 30.5 Å². The van der Waals surface area contributed by atoms with Crippen LogP contribution in [0.3, 0.4) is 0 Å². The van der Waals surface area contributed by atoms with E-state index >= 15 is 0 Å². The summed E-state index contributed by atoms with van der Waals surface area (Å²) in [6, 6.07) is 10.1. The highest BCUT2D eigenvalue weighted by atomic mass is 32.2. The lowest BCUT2D eigenvalue weighted by molar-refractivity contribution is 0.0683. The molecule has 0 spiro atoms. The predicted molar refractivity (Wildman–Crippen MR) is 116 cm³/mol. The van der Waals surface area contributed by atoms with E-state index in [4.69, 9.17) is 5.11 Å². The minimum atomic E-state index is -0.987. The molecule has 0 amide bonds. The lowest BCUT2D eigenvalue weighted by Crippen LogP contribution is -2.51. The van der Waals surface area contributed by atoms with Crippen LogP contribution in [-0.2, 0) is 6.42 Å². The number of hydrogen-bond donors (Lipinski definition) is 4. The Balaban J connectivity index is 1.67. The van der Waals surface area contributed by atoms with E-state index in [1.165, 1.54) is 11.8 Å². The number of carboxylic acids is 2. The molecule has 1 aliphatic heterocycles. The Hall–Kier alpha value is -3.00. The lowest BCUT2D eigenvalue weighted by atomic mass is 9.94. The summed E-state index contributed by atoms with van der Waals surface area (Å²) >= 11 is 1.38. The van der Waals surface area contributed by atoms with E-state index in [1.807, 2.05) is 18.3 Å². The number of aromatic carboxylic acids is 2. The van der Waals surface area contributed by atoms with Crippen LogP contribution in [0.5, 0.6) is 0 Å². The molecule has 3 rings (SSSR count). The standard InChI is InChI=1S/C22H25N3O4S/c1-2-3-10-22(12-15-6-8-16(9-7-15)20(26)27)24-13-17(25-22)14-30-19-18(21(28)29)5-4-11-23-19/h4-9,11,13,24-25H,2-3,10,12,14H2,1H3,(H,26,27)(H,28,29). The second kappa shape index (κ2) is 9.67. The summed E-state index contributed by atoms with van der Waals surface area (Å²) < 4.78 is 0. The molecular weight excluding hydrogens is 402 g/mol. The molecule has 30 heavy (non-hydrogen) atoms. The van der Waals surface area contributed by atoms with Gasteiger partial charge in [0.05, 0.1) is 11.1 Å². The molecule has 1 aromatic carbocycles. The van der Waals surface area contributed by atoms with Crippen LogP contribution in [0.2, 0.25) is 0 Å². The molecule has 1 aromatic heterocycles. The molecule has 0 aliphatic carbocycles. The molecular formula is C22H25N3O4S. The van der Waals surface area contributed by atoms with Gasteiger partial charge in [-0.25, -0.2) is 14.6 Å². The third-order valence-electron chi connectivity index (χ3n) is 4.95. The monoisotopic (exact) mass is 427 g/mol. The van der Waals surface area contributed by atoms with Crippen molar-refractivity contribution in [2.75, 3.05) is 5.75 Å². The number of thioether (sulfide) groups is 1. The molecule has 1 unspecified atom stereocenters. The van der Waals surface area contributed by atoms with Gasteiger partial charge in [0.1, 0.15) is 10.7 Å². The Morgan fingerprint density at radius 3 is 2.57 bits per heavy atom. The molecule has 1 atom stereocenters. The molecule has 0 fully saturated rings. The summed E-state index contributed by atoms with van der Waals surface area (Å²) in [5.41, 5.74) is 2.13. The fraction of sp³-hybridized carbons (Fsp3) is 0.318. The lowest BCUT2D eigenvalue weighted by Gasteiger charge is -2.32. The number of aromatic nitrogens is 1. The molecule has 2 heterocycles. The maximum absolute atomic E-state index is 11.4. The quantitative estimate of drug-likeness (QED) is 0.425. The highest BCUT2D eigenvalue weighted by Gasteiger charge is 2.33. The Bertz CT molecular complexity index is 946. The number of hydrogen-bond acceptors (Lipinski definition) is 6. The fourth-order valence-corrected chi connectivity index (χ4v) is 4.30. The van der Waals surface area contributed by atoms with Crippen molar-refractivity contribution in [3.8, 4) is 0 Å². The van der Waals surface area contributed by atoms with E-state index in [0.717, 1.165) is 30.5 Å². The minimum Gasteiger partial charge on any atom is -0.478 e. The van der Waals surface area contributed by atoms with Crippen LogP contribution in [0.15, 0.2) is 59.5 Å². The molecule has 4 N–H and O–H groups in total. The van der Waals surface area contributed by atoms with Gasteiger partial charge < -0.3 is 20.8 Å². The van der Waals surface area contributed by atoms with Gasteiger partial charge in [0.2, 0.25) is 0 Å². The topological polar surface area (TPSA) is 112 Å². The fourth-order valence-electron chi connectivity index (χ4n) is 3.41. The third kappa shape index (κ3) is 5.33. The number of unbranched alkanes of at least 4 members (excludes halogenated alkanes) is 1. The van der Waals surface area contributed by atoms with E-state index in [2.05, 4.69) is 22.5 Å². The van der Waals surface area contributed by atoms with E-state index in [9.17, 15) is 14.7 Å². The smallest absolute Gasteiger partial charge is 0.338 e. The summed E-state index contributed by atoms with van der Waals surface area (Å²) in [6.07, 6.45) is 7.22. The first kappa shape index (κ1) is 21.7. The van der Waals surface area contributed by atoms with Gasteiger partial charge in [-0.05, 0) is 42.7 Å². The second-order valence-corrected chi connectivity index (χ2v) is 8.22. The average Bonchev–Trinajstić information content (AvgIpc) is 3.14. The minimum absolute atomic E-state index is 0.199. The van der Waals surface area contributed by atoms with E-state index < -0.39 is 11.9 Å². The molecule has 7 nitrogen and oxygen atoms in total. The van der Waals surface area contributed by atoms with Gasteiger partial charge in [0.15, 0.2) is 0 Å². The number of pyridine rings is 1. The summed E-state index contributed by atoms with van der Waals surface area (Å²) in [4.78, 5) is 26.7. The maximum Gasteiger partial charge on any atom is 0.338 e. The normalized spacial score (nSPS) is 17.7. The van der Waals surface area contributed by atoms with Crippen LogP contribution in [-0.4, -0.2) is 38.6 Å². The molecule has 0 saturated heterocycles. The predicted octanol–water partition coefficient (Wildman–Crippen LogP) is 3.73. The zero-order valence-corrected chi connectivity index (χ0v) is 17.5. The number of rotatable bonds is 10. The Morgan fingerprint density at radius 1 is 1.13 bits per heavy atom. The first-order valence-electron chi connectivity index (χ1n) is 9.81. The van der Waals surface area contributed by atoms with Gasteiger partial charge in [-0.1, -0.05) is 37.2 Å². The summed E-state index contributed by atoms with van der Waals surface area (Å²) in [6.45, 7) is 2.14. The SMILES string of the molecule is CCCCC1(Cc2ccc(C(=O)O)cc2)NC=C(CSc2ncccc2C(=O)O)N1. The molecule has 8 heteroatoms. The van der Waals surface area contributed by atoms with E-state index in [-0.39, 0.29) is 16.8 Å². The first-order valence-corrected chi connectivity index (χ1v) is 10.8. The van der Waals surface area contributed by atoms with Crippen molar-refractivity contribution in [2.24, 2.45) is 0 Å². The zero-order valence-electron chi connectivity index (χ0n) is 16.7. The van der Waals surface area contributed by atoms with Crippen LogP contribution in [0, 0.1) is 0 Å². The molecule has 2 aromatic rings. The van der Waals surface area contributed by atoms with Crippen molar-refractivity contribution in [1.29, 1.82) is 0 Å². The summed E-state index contributed by atoms with van der Waals surface area (Å²) in [5, 5.41) is 26.0. The zero-order chi connectivity index (χ0) is 21.6. The van der Waals surface area contributed by atoms with Crippen molar-refractivity contribution in [3.05, 3.63) is 71.2 Å². The largest absolute Gasteiger partial charge is 0.478 e. The van der Waals surface area contributed by atoms with Gasteiger partial charge >= 0.3 is 11.9 Å². The number of benzene rings is 1. The molecule has 158 valence electrons. The van der Waals surface area contributed by atoms with Gasteiger partial charge in [-0.3, -0.25) is 0 Å². The van der Waals surface area contributed by atoms with Gasteiger partial charge in [-0.15, -0.1) is 0 Å². The number of carbonyl (C=O) groups is 2. The van der Waals surface area contributed by atoms with Gasteiger partial charge in [0.25, 0.3) is 0 Å². The first-order chi connectivity index (χ1) is 14.4. The van der Waals surface area contributed by atoms with Crippen LogP contribution < -0.4 is 10.6 Å². The van der Waals surface area contributed by atoms with Crippen LogP contribution >= 0.6 is 11.8 Å². The molecule has 0 bridgehead atoms. The highest BCUT2D eigenvalue weighted by Crippen LogP contribution is 2.27. The van der Waals surface area contributed by atoms with Crippen LogP contribution in [0.1, 0.15) is 52.5 Å². The maximum atomic E-state index is 11.4. The summed E-state index contributed by atoms with van der Waals surface area (Å²) in [7, 11) is 0.